The quantitative estimate of drug-likeness (QED) is 0.213. The maximum absolute atomic E-state index is 13.3. The van der Waals surface area contributed by atoms with Crippen molar-refractivity contribution >= 4 is 29.5 Å². The molecule has 0 saturated heterocycles. The Morgan fingerprint density at radius 1 is 1.05 bits per heavy atom. The predicted octanol–water partition coefficient (Wildman–Crippen LogP) is 5.73. The number of halogens is 1. The molecule has 2 amide bonds. The van der Waals surface area contributed by atoms with Gasteiger partial charge in [-0.25, -0.2) is 0 Å². The highest BCUT2D eigenvalue weighted by molar-refractivity contribution is 6.30. The van der Waals surface area contributed by atoms with Crippen molar-refractivity contribution < 1.29 is 23.8 Å². The van der Waals surface area contributed by atoms with E-state index in [1.807, 2.05) is 39.0 Å². The summed E-state index contributed by atoms with van der Waals surface area (Å²) in [6.45, 7) is 8.67. The van der Waals surface area contributed by atoms with Gasteiger partial charge in [-0.3, -0.25) is 14.5 Å². The molecular weight excluding hydrogens is 492 g/mol. The van der Waals surface area contributed by atoms with E-state index < -0.39 is 11.8 Å². The van der Waals surface area contributed by atoms with E-state index in [1.54, 1.807) is 43.3 Å². The van der Waals surface area contributed by atoms with Crippen molar-refractivity contribution in [3.8, 4) is 17.6 Å². The summed E-state index contributed by atoms with van der Waals surface area (Å²) in [5.74, 6) is 0.0653. The van der Waals surface area contributed by atoms with E-state index in [0.29, 0.717) is 59.5 Å². The van der Waals surface area contributed by atoms with Gasteiger partial charge in [0, 0.05) is 23.7 Å². The Kier molecular flexibility index (Phi) is 9.90. The molecule has 0 radical (unpaired) electrons. The van der Waals surface area contributed by atoms with Crippen molar-refractivity contribution in [3.05, 3.63) is 75.3 Å². The standard InChI is InChI=1S/C29H31ClN2O5/c1-5-35-27-16-22(9-12-26(27)37-18-21-7-10-23(30)11-8-21)15-24-20(4)25(17-31)29(34)32(28(24)33)13-6-14-36-19(2)3/h7-12,15-16,19H,5-6,13-14,18H2,1-4H3/b24-15+. The van der Waals surface area contributed by atoms with Crippen LogP contribution in [0.15, 0.2) is 59.2 Å². The van der Waals surface area contributed by atoms with Crippen molar-refractivity contribution in [1.29, 1.82) is 5.26 Å². The summed E-state index contributed by atoms with van der Waals surface area (Å²) >= 11 is 5.95. The van der Waals surface area contributed by atoms with E-state index in [1.165, 1.54) is 0 Å². The molecule has 0 spiro atoms. The van der Waals surface area contributed by atoms with Crippen LogP contribution in [-0.4, -0.2) is 42.6 Å². The normalized spacial score (nSPS) is 14.9. The first-order valence-electron chi connectivity index (χ1n) is 12.2. The summed E-state index contributed by atoms with van der Waals surface area (Å²) in [6, 6.07) is 14.7. The average Bonchev–Trinajstić information content (AvgIpc) is 2.87. The molecular formula is C29H31ClN2O5. The van der Waals surface area contributed by atoms with Crippen LogP contribution >= 0.6 is 11.6 Å². The molecule has 0 unspecified atom stereocenters. The van der Waals surface area contributed by atoms with Gasteiger partial charge in [-0.1, -0.05) is 29.8 Å². The van der Waals surface area contributed by atoms with Crippen molar-refractivity contribution in [1.82, 2.24) is 4.90 Å². The maximum Gasteiger partial charge on any atom is 0.271 e. The fourth-order valence-corrected chi connectivity index (χ4v) is 3.91. The van der Waals surface area contributed by atoms with Crippen LogP contribution in [0.2, 0.25) is 5.02 Å². The first-order chi connectivity index (χ1) is 17.7. The van der Waals surface area contributed by atoms with Crippen molar-refractivity contribution in [2.75, 3.05) is 19.8 Å². The molecule has 7 nitrogen and oxygen atoms in total. The summed E-state index contributed by atoms with van der Waals surface area (Å²) in [7, 11) is 0. The van der Waals surface area contributed by atoms with Gasteiger partial charge in [0.15, 0.2) is 11.5 Å². The molecule has 2 aromatic carbocycles. The molecule has 0 N–H and O–H groups in total. The smallest absolute Gasteiger partial charge is 0.271 e. The van der Waals surface area contributed by atoms with Crippen molar-refractivity contribution in [3.63, 3.8) is 0 Å². The number of hydrogen-bond donors (Lipinski definition) is 0. The number of nitriles is 1. The Bertz CT molecular complexity index is 1240. The molecule has 1 heterocycles. The first kappa shape index (κ1) is 28.0. The van der Waals surface area contributed by atoms with Gasteiger partial charge in [0.1, 0.15) is 18.2 Å². The lowest BCUT2D eigenvalue weighted by Crippen LogP contribution is -2.43. The fraction of sp³-hybridized carbons (Fsp3) is 0.345. The van der Waals surface area contributed by atoms with E-state index in [4.69, 9.17) is 25.8 Å². The zero-order valence-corrected chi connectivity index (χ0v) is 22.3. The van der Waals surface area contributed by atoms with Gasteiger partial charge >= 0.3 is 0 Å². The highest BCUT2D eigenvalue weighted by atomic mass is 35.5. The highest BCUT2D eigenvalue weighted by Gasteiger charge is 2.35. The second kappa shape index (κ2) is 13.1. The monoisotopic (exact) mass is 522 g/mol. The molecule has 194 valence electrons. The van der Waals surface area contributed by atoms with Crippen LogP contribution in [0.3, 0.4) is 0 Å². The Labute approximate surface area is 222 Å². The minimum absolute atomic E-state index is 0.0384. The number of carbonyl (C=O) groups is 2. The van der Waals surface area contributed by atoms with Gasteiger partial charge in [-0.05, 0) is 81.2 Å². The zero-order chi connectivity index (χ0) is 26.9. The summed E-state index contributed by atoms with van der Waals surface area (Å²) in [6.07, 6.45) is 2.21. The van der Waals surface area contributed by atoms with Gasteiger partial charge in [0.05, 0.1) is 12.7 Å². The van der Waals surface area contributed by atoms with Gasteiger partial charge in [0.2, 0.25) is 0 Å². The molecule has 1 aliphatic heterocycles. The summed E-state index contributed by atoms with van der Waals surface area (Å²) in [5, 5.41) is 10.3. The van der Waals surface area contributed by atoms with Gasteiger partial charge < -0.3 is 14.2 Å². The van der Waals surface area contributed by atoms with E-state index in [2.05, 4.69) is 0 Å². The lowest BCUT2D eigenvalue weighted by Gasteiger charge is -2.27. The summed E-state index contributed by atoms with van der Waals surface area (Å²) < 4.78 is 17.3. The first-order valence-corrected chi connectivity index (χ1v) is 12.6. The van der Waals surface area contributed by atoms with E-state index in [0.717, 1.165) is 10.5 Å². The Morgan fingerprint density at radius 2 is 1.78 bits per heavy atom. The number of carbonyl (C=O) groups excluding carboxylic acids is 2. The van der Waals surface area contributed by atoms with Crippen molar-refractivity contribution in [2.45, 2.75) is 46.8 Å². The molecule has 0 atom stereocenters. The average molecular weight is 523 g/mol. The number of imide groups is 1. The molecule has 2 aromatic rings. The van der Waals surface area contributed by atoms with Gasteiger partial charge in [-0.15, -0.1) is 0 Å². The molecule has 8 heteroatoms. The summed E-state index contributed by atoms with van der Waals surface area (Å²) in [5.41, 5.74) is 2.24. The molecule has 0 saturated carbocycles. The molecule has 0 aromatic heterocycles. The largest absolute Gasteiger partial charge is 0.490 e. The molecule has 0 fully saturated rings. The van der Waals surface area contributed by atoms with E-state index >= 15 is 0 Å². The number of amides is 2. The SMILES string of the molecule is CCOc1cc(/C=C2/C(=O)N(CCCOC(C)C)C(=O)C(C#N)=C2C)ccc1OCc1ccc(Cl)cc1. The number of rotatable bonds is 11. The number of benzene rings is 2. The third-order valence-corrected chi connectivity index (χ3v) is 5.94. The highest BCUT2D eigenvalue weighted by Crippen LogP contribution is 2.32. The third-order valence-electron chi connectivity index (χ3n) is 5.69. The molecule has 0 bridgehead atoms. The van der Waals surface area contributed by atoms with Crippen LogP contribution in [0.4, 0.5) is 0 Å². The maximum atomic E-state index is 13.3. The third kappa shape index (κ3) is 7.22. The Balaban J connectivity index is 1.86. The van der Waals surface area contributed by atoms with Crippen LogP contribution in [0.1, 0.15) is 45.2 Å². The molecule has 1 aliphatic rings. The number of ether oxygens (including phenoxy) is 3. The lowest BCUT2D eigenvalue weighted by atomic mass is 9.93. The zero-order valence-electron chi connectivity index (χ0n) is 21.5. The minimum Gasteiger partial charge on any atom is -0.490 e. The Morgan fingerprint density at radius 3 is 2.43 bits per heavy atom. The van der Waals surface area contributed by atoms with Crippen LogP contribution in [0.25, 0.3) is 6.08 Å². The van der Waals surface area contributed by atoms with Crippen LogP contribution in [-0.2, 0) is 20.9 Å². The van der Waals surface area contributed by atoms with E-state index in [-0.39, 0.29) is 18.2 Å². The second-order valence-electron chi connectivity index (χ2n) is 8.76. The minimum atomic E-state index is -0.576. The molecule has 37 heavy (non-hydrogen) atoms. The van der Waals surface area contributed by atoms with Gasteiger partial charge in [0.25, 0.3) is 11.8 Å². The number of nitrogens with zero attached hydrogens (tertiary/aromatic N) is 2. The lowest BCUT2D eigenvalue weighted by molar-refractivity contribution is -0.140. The van der Waals surface area contributed by atoms with Crippen molar-refractivity contribution in [2.24, 2.45) is 0 Å². The summed E-state index contributed by atoms with van der Waals surface area (Å²) in [4.78, 5) is 27.2. The Hall–Kier alpha value is -3.60. The number of hydrogen-bond acceptors (Lipinski definition) is 6. The molecule has 3 rings (SSSR count). The van der Waals surface area contributed by atoms with Gasteiger partial charge in [-0.2, -0.15) is 5.26 Å². The van der Waals surface area contributed by atoms with Crippen LogP contribution in [0, 0.1) is 11.3 Å². The topological polar surface area (TPSA) is 88.9 Å². The molecule has 0 aliphatic carbocycles. The second-order valence-corrected chi connectivity index (χ2v) is 9.20. The predicted molar refractivity (Wildman–Crippen MR) is 142 cm³/mol. The van der Waals surface area contributed by atoms with E-state index in [9.17, 15) is 14.9 Å². The fourth-order valence-electron chi connectivity index (χ4n) is 3.78. The van der Waals surface area contributed by atoms with Crippen LogP contribution in [0.5, 0.6) is 11.5 Å². The van der Waals surface area contributed by atoms with Crippen LogP contribution < -0.4 is 9.47 Å².